The Kier molecular flexibility index (Phi) is 4.60. The van der Waals surface area contributed by atoms with E-state index in [2.05, 4.69) is 15.6 Å². The topological polar surface area (TPSA) is 63.2 Å². The number of ether oxygens (including phenoxy) is 1. The molecule has 2 heterocycles. The molecule has 20 heavy (non-hydrogen) atoms. The first kappa shape index (κ1) is 14.8. The number of hydrogen-bond acceptors (Lipinski definition) is 4. The fourth-order valence-electron chi connectivity index (χ4n) is 2.32. The minimum Gasteiger partial charge on any atom is -0.444 e. The van der Waals surface area contributed by atoms with Gasteiger partial charge in [0.2, 0.25) is 0 Å². The van der Waals surface area contributed by atoms with Gasteiger partial charge in [0.15, 0.2) is 0 Å². The van der Waals surface area contributed by atoms with Gasteiger partial charge >= 0.3 is 6.09 Å². The van der Waals surface area contributed by atoms with Gasteiger partial charge in [-0.25, -0.2) is 9.78 Å². The van der Waals surface area contributed by atoms with Crippen LogP contribution < -0.4 is 10.6 Å². The maximum atomic E-state index is 11.9. The van der Waals surface area contributed by atoms with E-state index in [1.54, 1.807) is 6.20 Å². The van der Waals surface area contributed by atoms with Gasteiger partial charge in [0, 0.05) is 17.8 Å². The Bertz CT molecular complexity index is 462. The normalized spacial score (nSPS) is 19.4. The molecule has 1 amide bonds. The van der Waals surface area contributed by atoms with E-state index in [0.29, 0.717) is 5.82 Å². The van der Waals surface area contributed by atoms with Crippen LogP contribution in [0.5, 0.6) is 0 Å². The summed E-state index contributed by atoms with van der Waals surface area (Å²) in [6, 6.07) is 4.15. The quantitative estimate of drug-likeness (QED) is 0.871. The highest BCUT2D eigenvalue weighted by Gasteiger charge is 2.21. The average Bonchev–Trinajstić information content (AvgIpc) is 2.38. The fourth-order valence-corrected chi connectivity index (χ4v) is 2.32. The van der Waals surface area contributed by atoms with Crippen LogP contribution in [0.4, 0.5) is 10.6 Å². The van der Waals surface area contributed by atoms with E-state index in [1.807, 2.05) is 32.9 Å². The molecule has 1 aliphatic rings. The minimum atomic E-state index is -0.512. The van der Waals surface area contributed by atoms with Gasteiger partial charge in [0.1, 0.15) is 11.4 Å². The molecule has 0 unspecified atom stereocenters. The van der Waals surface area contributed by atoms with E-state index in [4.69, 9.17) is 4.74 Å². The molecule has 1 saturated heterocycles. The largest absolute Gasteiger partial charge is 0.444 e. The molecule has 5 nitrogen and oxygen atoms in total. The standard InChI is InChI=1S/C15H23N3O2/c1-15(2,3)20-14(19)18-13-11(7-6-10-17-13)12-8-4-5-9-16-12/h6-7,10,12,16H,4-5,8-9H2,1-3H3,(H,17,18,19)/t12-/m0/s1. The van der Waals surface area contributed by atoms with Crippen molar-refractivity contribution in [3.05, 3.63) is 23.9 Å². The predicted octanol–water partition coefficient (Wildman–Crippen LogP) is 3.24. The molecule has 1 fully saturated rings. The number of hydrogen-bond donors (Lipinski definition) is 2. The lowest BCUT2D eigenvalue weighted by atomic mass is 9.98. The van der Waals surface area contributed by atoms with Crippen molar-refractivity contribution >= 4 is 11.9 Å². The monoisotopic (exact) mass is 277 g/mol. The van der Waals surface area contributed by atoms with Crippen LogP contribution in [0.25, 0.3) is 0 Å². The lowest BCUT2D eigenvalue weighted by molar-refractivity contribution is 0.0635. The zero-order valence-corrected chi connectivity index (χ0v) is 12.4. The summed E-state index contributed by atoms with van der Waals surface area (Å²) in [5.74, 6) is 0.584. The molecule has 1 atom stereocenters. The van der Waals surface area contributed by atoms with Gasteiger partial charge in [0.05, 0.1) is 0 Å². The second-order valence-electron chi connectivity index (χ2n) is 6.07. The molecule has 0 spiro atoms. The first-order valence-corrected chi connectivity index (χ1v) is 7.14. The molecule has 0 aromatic carbocycles. The third kappa shape index (κ3) is 4.20. The summed E-state index contributed by atoms with van der Waals surface area (Å²) in [5.41, 5.74) is 0.514. The molecular weight excluding hydrogens is 254 g/mol. The highest BCUT2D eigenvalue weighted by Crippen LogP contribution is 2.27. The number of nitrogens with one attached hydrogen (secondary N) is 2. The van der Waals surface area contributed by atoms with Crippen molar-refractivity contribution in [3.8, 4) is 0 Å². The molecular formula is C15H23N3O2. The Morgan fingerprint density at radius 3 is 2.90 bits per heavy atom. The Balaban J connectivity index is 2.09. The SMILES string of the molecule is CC(C)(C)OC(=O)Nc1ncccc1[C@@H]1CCCCN1. The van der Waals surface area contributed by atoms with Crippen LogP contribution >= 0.6 is 0 Å². The summed E-state index contributed by atoms with van der Waals surface area (Å²) in [4.78, 5) is 16.1. The molecule has 1 aromatic heterocycles. The van der Waals surface area contributed by atoms with Crippen molar-refractivity contribution in [3.63, 3.8) is 0 Å². The summed E-state index contributed by atoms with van der Waals surface area (Å²) in [6.07, 6.45) is 4.67. The number of aromatic nitrogens is 1. The maximum Gasteiger partial charge on any atom is 0.413 e. The zero-order valence-electron chi connectivity index (χ0n) is 12.4. The van der Waals surface area contributed by atoms with Gasteiger partial charge in [-0.1, -0.05) is 12.5 Å². The highest BCUT2D eigenvalue weighted by atomic mass is 16.6. The van der Waals surface area contributed by atoms with Crippen LogP contribution in [0.2, 0.25) is 0 Å². The van der Waals surface area contributed by atoms with Gasteiger partial charge in [-0.3, -0.25) is 5.32 Å². The Morgan fingerprint density at radius 1 is 1.45 bits per heavy atom. The van der Waals surface area contributed by atoms with Crippen molar-refractivity contribution < 1.29 is 9.53 Å². The second kappa shape index (κ2) is 6.22. The third-order valence-electron chi connectivity index (χ3n) is 3.14. The van der Waals surface area contributed by atoms with Gasteiger partial charge in [-0.05, 0) is 46.2 Å². The molecule has 5 heteroatoms. The molecule has 0 saturated carbocycles. The van der Waals surface area contributed by atoms with E-state index < -0.39 is 11.7 Å². The Morgan fingerprint density at radius 2 is 2.25 bits per heavy atom. The number of anilines is 1. The van der Waals surface area contributed by atoms with Crippen molar-refractivity contribution in [2.24, 2.45) is 0 Å². The number of piperidine rings is 1. The van der Waals surface area contributed by atoms with Crippen LogP contribution in [0, 0.1) is 0 Å². The first-order chi connectivity index (χ1) is 9.46. The van der Waals surface area contributed by atoms with Crippen LogP contribution in [-0.4, -0.2) is 23.2 Å². The van der Waals surface area contributed by atoms with E-state index in [9.17, 15) is 4.79 Å². The number of carbonyl (C=O) groups is 1. The van der Waals surface area contributed by atoms with Crippen LogP contribution in [0.15, 0.2) is 18.3 Å². The van der Waals surface area contributed by atoms with Gasteiger partial charge in [-0.15, -0.1) is 0 Å². The summed E-state index contributed by atoms with van der Waals surface area (Å²) in [5, 5.41) is 6.22. The Labute approximate surface area is 120 Å². The number of nitrogens with zero attached hydrogens (tertiary/aromatic N) is 1. The van der Waals surface area contributed by atoms with Crippen LogP contribution in [0.3, 0.4) is 0 Å². The van der Waals surface area contributed by atoms with Crippen molar-refractivity contribution in [1.82, 2.24) is 10.3 Å². The van der Waals surface area contributed by atoms with Crippen LogP contribution in [-0.2, 0) is 4.74 Å². The van der Waals surface area contributed by atoms with Crippen molar-refractivity contribution in [2.45, 2.75) is 51.7 Å². The summed E-state index contributed by atoms with van der Waals surface area (Å²) in [7, 11) is 0. The van der Waals surface area contributed by atoms with Crippen LogP contribution in [0.1, 0.15) is 51.6 Å². The highest BCUT2D eigenvalue weighted by molar-refractivity contribution is 5.84. The van der Waals surface area contributed by atoms with E-state index >= 15 is 0 Å². The fraction of sp³-hybridized carbons (Fsp3) is 0.600. The molecule has 110 valence electrons. The summed E-state index contributed by atoms with van der Waals surface area (Å²) >= 11 is 0. The second-order valence-corrected chi connectivity index (χ2v) is 6.07. The van der Waals surface area contributed by atoms with E-state index in [1.165, 1.54) is 12.8 Å². The molecule has 2 rings (SSSR count). The molecule has 1 aromatic rings. The maximum absolute atomic E-state index is 11.9. The average molecular weight is 277 g/mol. The number of amides is 1. The molecule has 0 radical (unpaired) electrons. The van der Waals surface area contributed by atoms with Gasteiger partial charge < -0.3 is 10.1 Å². The van der Waals surface area contributed by atoms with Gasteiger partial charge in [-0.2, -0.15) is 0 Å². The van der Waals surface area contributed by atoms with E-state index in [-0.39, 0.29) is 6.04 Å². The number of pyridine rings is 1. The molecule has 0 bridgehead atoms. The number of rotatable bonds is 2. The summed E-state index contributed by atoms with van der Waals surface area (Å²) in [6.45, 7) is 6.53. The minimum absolute atomic E-state index is 0.252. The third-order valence-corrected chi connectivity index (χ3v) is 3.14. The molecule has 2 N–H and O–H groups in total. The smallest absolute Gasteiger partial charge is 0.413 e. The molecule has 0 aliphatic carbocycles. The predicted molar refractivity (Wildman–Crippen MR) is 78.7 cm³/mol. The first-order valence-electron chi connectivity index (χ1n) is 7.14. The lowest BCUT2D eigenvalue weighted by Gasteiger charge is -2.26. The zero-order chi connectivity index (χ0) is 14.6. The summed E-state index contributed by atoms with van der Waals surface area (Å²) < 4.78 is 5.27. The number of carbonyl (C=O) groups excluding carboxylic acids is 1. The molecule has 1 aliphatic heterocycles. The Hall–Kier alpha value is -1.62. The van der Waals surface area contributed by atoms with Crippen molar-refractivity contribution in [2.75, 3.05) is 11.9 Å². The van der Waals surface area contributed by atoms with Crippen molar-refractivity contribution in [1.29, 1.82) is 0 Å². The van der Waals surface area contributed by atoms with Gasteiger partial charge in [0.25, 0.3) is 0 Å². The lowest BCUT2D eigenvalue weighted by Crippen LogP contribution is -2.30. The van der Waals surface area contributed by atoms with E-state index in [0.717, 1.165) is 18.5 Å².